The number of hydrogen-bond donors (Lipinski definition) is 2. The van der Waals surface area contributed by atoms with Crippen molar-refractivity contribution >= 4 is 34.4 Å². The van der Waals surface area contributed by atoms with Crippen LogP contribution in [0.3, 0.4) is 0 Å². The second kappa shape index (κ2) is 8.52. The highest BCUT2D eigenvalue weighted by molar-refractivity contribution is 9.09. The van der Waals surface area contributed by atoms with Crippen LogP contribution in [0.25, 0.3) is 10.8 Å². The summed E-state index contributed by atoms with van der Waals surface area (Å²) in [7, 11) is 2.88. The van der Waals surface area contributed by atoms with Crippen LogP contribution in [-0.4, -0.2) is 49.3 Å². The van der Waals surface area contributed by atoms with E-state index < -0.39 is 7.67 Å². The first kappa shape index (κ1) is 20.2. The molecule has 2 unspecified atom stereocenters. The van der Waals surface area contributed by atoms with Gasteiger partial charge in [0.25, 0.3) is 0 Å². The third-order valence-corrected chi connectivity index (χ3v) is 6.40. The predicted octanol–water partition coefficient (Wildman–Crippen LogP) is 3.41. The third-order valence-electron chi connectivity index (χ3n) is 4.12. The highest BCUT2D eigenvalue weighted by Crippen LogP contribution is 2.40. The second-order valence-electron chi connectivity index (χ2n) is 5.73. The molecule has 2 aromatic rings. The van der Waals surface area contributed by atoms with Gasteiger partial charge < -0.3 is 14.4 Å². The lowest BCUT2D eigenvalue weighted by Crippen LogP contribution is -2.28. The molecule has 138 valence electrons. The Bertz CT molecular complexity index is 787. The summed E-state index contributed by atoms with van der Waals surface area (Å²) in [6.45, 7) is 0.396. The van der Waals surface area contributed by atoms with Crippen molar-refractivity contribution in [2.24, 2.45) is 0 Å². The molecule has 0 saturated heterocycles. The molecule has 2 N–H and O–H groups in total. The van der Waals surface area contributed by atoms with E-state index >= 15 is 0 Å². The number of alkyl halides is 1. The van der Waals surface area contributed by atoms with Gasteiger partial charge in [-0.05, 0) is 32.1 Å². The standard InChI is InChI=1S/C17H24BrN2O4P/c1-19-25(21,22)20(2)11-13(18)9-12-10-16(23-3)14-7-5-6-8-15(14)17(12)24-4/h5-8,10,13H,9,11H2,1-4H3,(H2,19,21,22). The SMILES string of the molecule is CNP(=O)(O)N(C)CC(Br)Cc1cc(OC)c2ccccc2c1OC. The molecule has 0 bridgehead atoms. The first-order valence-corrected chi connectivity index (χ1v) is 10.4. The van der Waals surface area contributed by atoms with E-state index in [0.29, 0.717) is 13.0 Å². The Labute approximate surface area is 156 Å². The highest BCUT2D eigenvalue weighted by atomic mass is 79.9. The molecule has 0 saturated carbocycles. The molecule has 25 heavy (non-hydrogen) atoms. The van der Waals surface area contributed by atoms with Crippen LogP contribution >= 0.6 is 23.6 Å². The fraction of sp³-hybridized carbons (Fsp3) is 0.412. The average molecular weight is 431 g/mol. The van der Waals surface area contributed by atoms with Gasteiger partial charge in [0.15, 0.2) is 0 Å². The molecule has 2 aromatic carbocycles. The quantitative estimate of drug-likeness (QED) is 0.493. The van der Waals surface area contributed by atoms with Crippen LogP contribution in [0.15, 0.2) is 30.3 Å². The van der Waals surface area contributed by atoms with Gasteiger partial charge in [0.1, 0.15) is 11.5 Å². The fourth-order valence-corrected chi connectivity index (χ4v) is 4.57. The molecule has 0 fully saturated rings. The smallest absolute Gasteiger partial charge is 0.340 e. The number of fused-ring (bicyclic) bond motifs is 1. The highest BCUT2D eigenvalue weighted by Gasteiger charge is 2.25. The van der Waals surface area contributed by atoms with E-state index in [9.17, 15) is 9.46 Å². The molecule has 0 aliphatic carbocycles. The predicted molar refractivity (Wildman–Crippen MR) is 105 cm³/mol. The minimum atomic E-state index is -3.50. The molecule has 0 aliphatic heterocycles. The Morgan fingerprint density at radius 3 is 2.48 bits per heavy atom. The van der Waals surface area contributed by atoms with Crippen molar-refractivity contribution in [3.63, 3.8) is 0 Å². The fourth-order valence-electron chi connectivity index (χ4n) is 2.80. The zero-order valence-corrected chi connectivity index (χ0v) is 17.3. The molecule has 0 radical (unpaired) electrons. The Hall–Kier alpha value is -1.11. The summed E-state index contributed by atoms with van der Waals surface area (Å²) in [5, 5.41) is 4.42. The summed E-state index contributed by atoms with van der Waals surface area (Å²) in [6.07, 6.45) is 0.623. The van der Waals surface area contributed by atoms with Gasteiger partial charge in [0.05, 0.1) is 14.2 Å². The minimum absolute atomic E-state index is 0.0360. The lowest BCUT2D eigenvalue weighted by Gasteiger charge is -2.25. The van der Waals surface area contributed by atoms with E-state index in [-0.39, 0.29) is 4.83 Å². The van der Waals surface area contributed by atoms with E-state index in [1.165, 1.54) is 11.7 Å². The second-order valence-corrected chi connectivity index (χ2v) is 9.24. The average Bonchev–Trinajstić information content (AvgIpc) is 2.60. The van der Waals surface area contributed by atoms with E-state index in [4.69, 9.17) is 9.47 Å². The van der Waals surface area contributed by atoms with E-state index in [1.807, 2.05) is 30.3 Å². The van der Waals surface area contributed by atoms with Gasteiger partial charge in [0, 0.05) is 22.1 Å². The Morgan fingerprint density at radius 1 is 1.28 bits per heavy atom. The van der Waals surface area contributed by atoms with Crippen molar-refractivity contribution in [3.05, 3.63) is 35.9 Å². The van der Waals surface area contributed by atoms with Crippen LogP contribution in [0.2, 0.25) is 0 Å². The first-order valence-electron chi connectivity index (χ1n) is 7.84. The van der Waals surface area contributed by atoms with E-state index in [1.54, 1.807) is 21.3 Å². The summed E-state index contributed by atoms with van der Waals surface area (Å²) in [4.78, 5) is 9.80. The number of methoxy groups -OCH3 is 2. The number of ether oxygens (including phenoxy) is 2. The molecule has 6 nitrogen and oxygen atoms in total. The molecule has 0 aliphatic rings. The largest absolute Gasteiger partial charge is 0.496 e. The maximum Gasteiger partial charge on any atom is 0.340 e. The number of hydrogen-bond acceptors (Lipinski definition) is 3. The molecule has 0 amide bonds. The zero-order chi connectivity index (χ0) is 18.6. The van der Waals surface area contributed by atoms with Crippen molar-refractivity contribution in [3.8, 4) is 11.5 Å². The monoisotopic (exact) mass is 430 g/mol. The van der Waals surface area contributed by atoms with Crippen molar-refractivity contribution in [2.45, 2.75) is 11.2 Å². The summed E-state index contributed by atoms with van der Waals surface area (Å²) in [5.74, 6) is 1.58. The molecule has 2 atom stereocenters. The number of nitrogens with one attached hydrogen (secondary N) is 1. The molecule has 0 spiro atoms. The van der Waals surface area contributed by atoms with Gasteiger partial charge >= 0.3 is 7.67 Å². The van der Waals surface area contributed by atoms with Crippen molar-refractivity contribution in [1.82, 2.24) is 9.76 Å². The van der Waals surface area contributed by atoms with Gasteiger partial charge in [0.2, 0.25) is 0 Å². The maximum absolute atomic E-state index is 12.0. The number of nitrogens with zero attached hydrogens (tertiary/aromatic N) is 1. The van der Waals surface area contributed by atoms with Crippen molar-refractivity contribution in [2.75, 3.05) is 34.9 Å². The van der Waals surface area contributed by atoms with Gasteiger partial charge in [-0.25, -0.2) is 9.76 Å². The lowest BCUT2D eigenvalue weighted by atomic mass is 10.0. The molecule has 0 aromatic heterocycles. The van der Waals surface area contributed by atoms with Crippen LogP contribution in [0.5, 0.6) is 11.5 Å². The van der Waals surface area contributed by atoms with Gasteiger partial charge in [-0.15, -0.1) is 0 Å². The van der Waals surface area contributed by atoms with Gasteiger partial charge in [-0.3, -0.25) is 4.57 Å². The van der Waals surface area contributed by atoms with Crippen LogP contribution < -0.4 is 14.6 Å². The number of halogens is 1. The Morgan fingerprint density at radius 2 is 1.92 bits per heavy atom. The van der Waals surface area contributed by atoms with E-state index in [0.717, 1.165) is 27.8 Å². The normalized spacial score (nSPS) is 15.2. The molecule has 8 heteroatoms. The number of rotatable bonds is 8. The third kappa shape index (κ3) is 4.54. The van der Waals surface area contributed by atoms with Crippen LogP contribution in [0.1, 0.15) is 5.56 Å². The summed E-state index contributed by atoms with van der Waals surface area (Å²) in [5.41, 5.74) is 0.977. The topological polar surface area (TPSA) is 71.0 Å². The van der Waals surface area contributed by atoms with Crippen LogP contribution in [0, 0.1) is 0 Å². The van der Waals surface area contributed by atoms with Crippen LogP contribution in [0.4, 0.5) is 0 Å². The Balaban J connectivity index is 2.33. The zero-order valence-electron chi connectivity index (χ0n) is 14.8. The van der Waals surface area contributed by atoms with Crippen LogP contribution in [-0.2, 0) is 11.0 Å². The minimum Gasteiger partial charge on any atom is -0.496 e. The summed E-state index contributed by atoms with van der Waals surface area (Å²) in [6, 6.07) is 9.88. The summed E-state index contributed by atoms with van der Waals surface area (Å²) < 4.78 is 24.6. The van der Waals surface area contributed by atoms with Gasteiger partial charge in [-0.2, -0.15) is 0 Å². The molecule has 0 heterocycles. The molecule has 2 rings (SSSR count). The summed E-state index contributed by atoms with van der Waals surface area (Å²) >= 11 is 3.61. The first-order chi connectivity index (χ1) is 11.8. The van der Waals surface area contributed by atoms with Crippen molar-refractivity contribution < 1.29 is 18.9 Å². The molecular weight excluding hydrogens is 407 g/mol. The maximum atomic E-state index is 12.0. The van der Waals surface area contributed by atoms with Gasteiger partial charge in [-0.1, -0.05) is 40.2 Å². The lowest BCUT2D eigenvalue weighted by molar-refractivity contribution is 0.370. The Kier molecular flexibility index (Phi) is 6.88. The van der Waals surface area contributed by atoms with E-state index in [2.05, 4.69) is 21.0 Å². The number of benzene rings is 2. The molecular formula is C17H24BrN2O4P. The van der Waals surface area contributed by atoms with Crippen molar-refractivity contribution in [1.29, 1.82) is 0 Å².